The second-order valence-electron chi connectivity index (χ2n) is 6.67. The van der Waals surface area contributed by atoms with E-state index in [2.05, 4.69) is 5.32 Å². The smallest absolute Gasteiger partial charge is 0.317 e. The number of hydrogen-bond donors (Lipinski definition) is 1. The lowest BCUT2D eigenvalue weighted by Crippen LogP contribution is -2.71. The highest BCUT2D eigenvalue weighted by atomic mass is 35.5. The minimum Gasteiger partial charge on any atom is -0.466 e. The molecule has 2 heterocycles. The minimum absolute atomic E-state index is 0.293. The predicted octanol–water partition coefficient (Wildman–Crippen LogP) is 4.06. The summed E-state index contributed by atoms with van der Waals surface area (Å²) in [4.78, 5) is 14.7. The molecule has 2 bridgehead atoms. The van der Waals surface area contributed by atoms with Gasteiger partial charge in [-0.2, -0.15) is 0 Å². The van der Waals surface area contributed by atoms with Gasteiger partial charge in [0.1, 0.15) is 11.7 Å². The van der Waals surface area contributed by atoms with E-state index in [-0.39, 0.29) is 12.0 Å². The summed E-state index contributed by atoms with van der Waals surface area (Å²) in [7, 11) is 0. The number of thiocarbonyl (C=S) groups is 1. The van der Waals surface area contributed by atoms with Gasteiger partial charge >= 0.3 is 5.97 Å². The molecule has 3 unspecified atom stereocenters. The summed E-state index contributed by atoms with van der Waals surface area (Å²) in [6.07, 6.45) is 0. The molecule has 0 aromatic heterocycles. The summed E-state index contributed by atoms with van der Waals surface area (Å²) in [5, 5.41) is 4.37. The molecule has 2 aliphatic heterocycles. The van der Waals surface area contributed by atoms with Crippen molar-refractivity contribution >= 4 is 40.6 Å². The van der Waals surface area contributed by atoms with Crippen molar-refractivity contribution in [1.82, 2.24) is 5.32 Å². The monoisotopic (exact) mass is 402 g/mol. The third kappa shape index (κ3) is 2.84. The van der Waals surface area contributed by atoms with E-state index in [9.17, 15) is 4.79 Å². The molecule has 0 amide bonds. The number of hydrogen-bond acceptors (Lipinski definition) is 4. The molecule has 2 aliphatic rings. The standard InChI is InChI=1S/C20H19ClN2O3S/c1-3-25-18(24)16-17-14-9-4-5-10-15(14)26-20(16,2)23(19(27)22-17)13-8-6-7-12(21)11-13/h4-11,16-17H,3H2,1-2H3,(H,22,27). The number of nitrogens with one attached hydrogen (secondary N) is 1. The van der Waals surface area contributed by atoms with Crippen molar-refractivity contribution in [2.24, 2.45) is 5.92 Å². The molecule has 2 aromatic carbocycles. The first-order chi connectivity index (χ1) is 13.0. The van der Waals surface area contributed by atoms with Gasteiger partial charge in [-0.05, 0) is 50.3 Å². The van der Waals surface area contributed by atoms with Gasteiger partial charge in [0.15, 0.2) is 5.11 Å². The average molecular weight is 403 g/mol. The van der Waals surface area contributed by atoms with Crippen molar-refractivity contribution in [2.75, 3.05) is 11.5 Å². The Balaban J connectivity index is 1.89. The normalized spacial score (nSPS) is 25.9. The molecule has 3 atom stereocenters. The summed E-state index contributed by atoms with van der Waals surface area (Å²) in [6.45, 7) is 3.95. The van der Waals surface area contributed by atoms with E-state index in [0.717, 1.165) is 11.3 Å². The summed E-state index contributed by atoms with van der Waals surface area (Å²) in [5.41, 5.74) is 0.578. The number of benzene rings is 2. The van der Waals surface area contributed by atoms with Gasteiger partial charge < -0.3 is 14.8 Å². The lowest BCUT2D eigenvalue weighted by atomic mass is 9.79. The van der Waals surface area contributed by atoms with Crippen molar-refractivity contribution in [1.29, 1.82) is 0 Å². The van der Waals surface area contributed by atoms with E-state index in [1.165, 1.54) is 0 Å². The molecule has 0 radical (unpaired) electrons. The van der Waals surface area contributed by atoms with Gasteiger partial charge in [0, 0.05) is 16.3 Å². The number of esters is 1. The van der Waals surface area contributed by atoms with Crippen LogP contribution in [0.25, 0.3) is 0 Å². The van der Waals surface area contributed by atoms with Crippen molar-refractivity contribution < 1.29 is 14.3 Å². The molecular weight excluding hydrogens is 384 g/mol. The van der Waals surface area contributed by atoms with Crippen LogP contribution < -0.4 is 15.0 Å². The zero-order valence-corrected chi connectivity index (χ0v) is 16.5. The quantitative estimate of drug-likeness (QED) is 0.617. The van der Waals surface area contributed by atoms with Crippen LogP contribution in [-0.2, 0) is 9.53 Å². The summed E-state index contributed by atoms with van der Waals surface area (Å²) in [6, 6.07) is 14.6. The fourth-order valence-corrected chi connectivity index (χ4v) is 4.52. The number of fused-ring (bicyclic) bond motifs is 4. The molecule has 0 aliphatic carbocycles. The van der Waals surface area contributed by atoms with Crippen LogP contribution in [0.5, 0.6) is 5.75 Å². The van der Waals surface area contributed by atoms with E-state index >= 15 is 0 Å². The third-order valence-electron chi connectivity index (χ3n) is 5.01. The van der Waals surface area contributed by atoms with Gasteiger partial charge in [0.05, 0.1) is 12.6 Å². The maximum Gasteiger partial charge on any atom is 0.317 e. The average Bonchev–Trinajstić information content (AvgIpc) is 2.61. The third-order valence-corrected chi connectivity index (χ3v) is 5.55. The Kier molecular flexibility index (Phi) is 4.48. The molecule has 1 N–H and O–H groups in total. The summed E-state index contributed by atoms with van der Waals surface area (Å²) >= 11 is 11.8. The zero-order valence-electron chi connectivity index (χ0n) is 14.9. The van der Waals surface area contributed by atoms with E-state index in [0.29, 0.717) is 22.5 Å². The molecule has 1 fully saturated rings. The lowest BCUT2D eigenvalue weighted by molar-refractivity contribution is -0.159. The van der Waals surface area contributed by atoms with E-state index in [1.807, 2.05) is 48.2 Å². The van der Waals surface area contributed by atoms with E-state index in [4.69, 9.17) is 33.3 Å². The van der Waals surface area contributed by atoms with Crippen LogP contribution in [0.2, 0.25) is 5.02 Å². The maximum atomic E-state index is 12.9. The van der Waals surface area contributed by atoms with Gasteiger partial charge in [-0.3, -0.25) is 9.69 Å². The van der Waals surface area contributed by atoms with Crippen LogP contribution in [0.3, 0.4) is 0 Å². The minimum atomic E-state index is -1.06. The Morgan fingerprint density at radius 2 is 2.11 bits per heavy atom. The summed E-state index contributed by atoms with van der Waals surface area (Å²) < 4.78 is 11.8. The molecule has 5 nitrogen and oxygen atoms in total. The van der Waals surface area contributed by atoms with Crippen molar-refractivity contribution in [3.8, 4) is 5.75 Å². The molecule has 7 heteroatoms. The predicted molar refractivity (Wildman–Crippen MR) is 108 cm³/mol. The molecular formula is C20H19ClN2O3S. The van der Waals surface area contributed by atoms with E-state index < -0.39 is 11.6 Å². The van der Waals surface area contributed by atoms with Gasteiger partial charge in [0.25, 0.3) is 0 Å². The summed E-state index contributed by atoms with van der Waals surface area (Å²) in [5.74, 6) is -0.230. The SMILES string of the molecule is CCOC(=O)C1C2NC(=S)N(c3cccc(Cl)c3)C1(C)Oc1ccccc12. The zero-order chi connectivity index (χ0) is 19.2. The molecule has 4 rings (SSSR count). The number of anilines is 1. The molecule has 27 heavy (non-hydrogen) atoms. The number of halogens is 1. The van der Waals surface area contributed by atoms with Gasteiger partial charge in [-0.25, -0.2) is 0 Å². The van der Waals surface area contributed by atoms with Gasteiger partial charge in [0.2, 0.25) is 5.72 Å². The van der Waals surface area contributed by atoms with Crippen molar-refractivity contribution in [3.05, 3.63) is 59.1 Å². The fourth-order valence-electron chi connectivity index (χ4n) is 3.93. The second-order valence-corrected chi connectivity index (χ2v) is 7.49. The molecule has 2 aromatic rings. The van der Waals surface area contributed by atoms with Crippen LogP contribution >= 0.6 is 23.8 Å². The first-order valence-electron chi connectivity index (χ1n) is 8.76. The van der Waals surface area contributed by atoms with Crippen LogP contribution in [-0.4, -0.2) is 23.4 Å². The van der Waals surface area contributed by atoms with Crippen molar-refractivity contribution in [2.45, 2.75) is 25.6 Å². The number of ether oxygens (including phenoxy) is 2. The van der Waals surface area contributed by atoms with Crippen LogP contribution in [0, 0.1) is 5.92 Å². The van der Waals surface area contributed by atoms with Crippen LogP contribution in [0.1, 0.15) is 25.5 Å². The Hall–Kier alpha value is -2.31. The first kappa shape index (κ1) is 18.1. The fraction of sp³-hybridized carbons (Fsp3) is 0.300. The Morgan fingerprint density at radius 3 is 2.85 bits per heavy atom. The van der Waals surface area contributed by atoms with E-state index in [1.54, 1.807) is 19.1 Å². The largest absolute Gasteiger partial charge is 0.466 e. The molecule has 140 valence electrons. The second kappa shape index (κ2) is 6.69. The number of rotatable bonds is 3. The first-order valence-corrected chi connectivity index (χ1v) is 9.55. The highest BCUT2D eigenvalue weighted by molar-refractivity contribution is 7.80. The topological polar surface area (TPSA) is 50.8 Å². The molecule has 0 spiro atoms. The van der Waals surface area contributed by atoms with Crippen LogP contribution in [0.4, 0.5) is 5.69 Å². The molecule has 0 saturated carbocycles. The Bertz CT molecular complexity index is 922. The number of para-hydroxylation sites is 1. The number of carbonyl (C=O) groups is 1. The Labute approximate surface area is 168 Å². The Morgan fingerprint density at radius 1 is 1.33 bits per heavy atom. The van der Waals surface area contributed by atoms with Gasteiger partial charge in [-0.1, -0.05) is 35.9 Å². The highest BCUT2D eigenvalue weighted by Gasteiger charge is 2.59. The maximum absolute atomic E-state index is 12.9. The van der Waals surface area contributed by atoms with Gasteiger partial charge in [-0.15, -0.1) is 0 Å². The van der Waals surface area contributed by atoms with Crippen molar-refractivity contribution in [3.63, 3.8) is 0 Å². The van der Waals surface area contributed by atoms with Crippen LogP contribution in [0.15, 0.2) is 48.5 Å². The number of carbonyl (C=O) groups excluding carboxylic acids is 1. The highest BCUT2D eigenvalue weighted by Crippen LogP contribution is 2.49. The molecule has 1 saturated heterocycles. The number of nitrogens with zero attached hydrogens (tertiary/aromatic N) is 1. The lowest BCUT2D eigenvalue weighted by Gasteiger charge is -2.55.